The molecule has 1 aliphatic heterocycles. The molecule has 4 rings (SSSR count). The molecule has 3 heterocycles. The van der Waals surface area contributed by atoms with E-state index in [0.717, 1.165) is 32.1 Å². The Balaban J connectivity index is 1.26. The molecule has 1 N–H and O–H groups in total. The Morgan fingerprint density at radius 2 is 1.86 bits per heavy atom. The summed E-state index contributed by atoms with van der Waals surface area (Å²) < 4.78 is 5.31. The molecule has 0 amide bonds. The Morgan fingerprint density at radius 1 is 1.07 bits per heavy atom. The van der Waals surface area contributed by atoms with Gasteiger partial charge in [0.15, 0.2) is 11.8 Å². The van der Waals surface area contributed by atoms with Crippen molar-refractivity contribution in [2.45, 2.75) is 6.42 Å². The van der Waals surface area contributed by atoms with Crippen molar-refractivity contribution < 1.29 is 4.52 Å². The average Bonchev–Trinajstić information content (AvgIpc) is 3.27. The minimum absolute atomic E-state index is 0.446. The number of piperazine rings is 1. The Morgan fingerprint density at radius 3 is 2.59 bits per heavy atom. The number of rotatable bonds is 5. The smallest absolute Gasteiger partial charge is 0.276 e. The van der Waals surface area contributed by atoms with Crippen molar-refractivity contribution in [3.63, 3.8) is 0 Å². The van der Waals surface area contributed by atoms with Crippen LogP contribution in [0.4, 0.5) is 5.69 Å². The maximum absolute atomic E-state index is 5.31. The maximum Gasteiger partial charge on any atom is 0.276 e. The van der Waals surface area contributed by atoms with E-state index < -0.39 is 0 Å². The van der Waals surface area contributed by atoms with Gasteiger partial charge in [-0.1, -0.05) is 29.4 Å². The van der Waals surface area contributed by atoms with E-state index in [9.17, 15) is 0 Å². The van der Waals surface area contributed by atoms with Gasteiger partial charge in [0, 0.05) is 58.1 Å². The van der Waals surface area contributed by atoms with Crippen LogP contribution < -0.4 is 10.2 Å². The molecule has 1 fully saturated rings. The van der Waals surface area contributed by atoms with Gasteiger partial charge >= 0.3 is 0 Å². The zero-order valence-corrected chi connectivity index (χ0v) is 16.5. The second-order valence-electron chi connectivity index (χ2n) is 6.76. The van der Waals surface area contributed by atoms with Gasteiger partial charge in [-0.3, -0.25) is 9.98 Å². The fraction of sp³-hybridized carbons (Fsp3) is 0.333. The van der Waals surface area contributed by atoms with E-state index in [2.05, 4.69) is 65.6 Å². The lowest BCUT2D eigenvalue weighted by Gasteiger charge is -2.37. The first-order valence-electron chi connectivity index (χ1n) is 9.83. The van der Waals surface area contributed by atoms with Crippen LogP contribution in [0.25, 0.3) is 11.6 Å². The van der Waals surface area contributed by atoms with E-state index in [-0.39, 0.29) is 0 Å². The van der Waals surface area contributed by atoms with Crippen LogP contribution >= 0.6 is 0 Å². The van der Waals surface area contributed by atoms with Crippen LogP contribution in [0, 0.1) is 0 Å². The van der Waals surface area contributed by atoms with Crippen molar-refractivity contribution in [3.05, 3.63) is 60.6 Å². The van der Waals surface area contributed by atoms with Crippen molar-refractivity contribution in [1.29, 1.82) is 0 Å². The summed E-state index contributed by atoms with van der Waals surface area (Å²) in [6.45, 7) is 4.50. The fourth-order valence-electron chi connectivity index (χ4n) is 3.38. The number of hydrogen-bond acceptors (Lipinski definition) is 6. The average molecular weight is 391 g/mol. The molecule has 150 valence electrons. The number of benzene rings is 1. The molecule has 1 aromatic carbocycles. The second-order valence-corrected chi connectivity index (χ2v) is 6.76. The molecule has 1 saturated heterocycles. The Labute approximate surface area is 170 Å². The number of guanidine groups is 1. The lowest BCUT2D eigenvalue weighted by Crippen LogP contribution is -2.52. The minimum atomic E-state index is 0.446. The first kappa shape index (κ1) is 18.9. The number of pyridine rings is 1. The molecule has 8 nitrogen and oxygen atoms in total. The summed E-state index contributed by atoms with van der Waals surface area (Å²) in [5.74, 6) is 2.01. The van der Waals surface area contributed by atoms with Gasteiger partial charge in [0.2, 0.25) is 0 Å². The molecule has 29 heavy (non-hydrogen) atoms. The van der Waals surface area contributed by atoms with Gasteiger partial charge in [0.1, 0.15) is 5.69 Å². The molecule has 8 heteroatoms. The zero-order chi connectivity index (χ0) is 19.9. The highest BCUT2D eigenvalue weighted by molar-refractivity contribution is 5.80. The third kappa shape index (κ3) is 4.71. The Hall–Kier alpha value is -3.42. The molecule has 0 spiro atoms. The van der Waals surface area contributed by atoms with Crippen LogP contribution in [-0.2, 0) is 6.42 Å². The molecule has 1 aliphatic rings. The predicted molar refractivity (Wildman–Crippen MR) is 113 cm³/mol. The van der Waals surface area contributed by atoms with Crippen molar-refractivity contribution in [2.24, 2.45) is 4.99 Å². The molecule has 0 aliphatic carbocycles. The highest BCUT2D eigenvalue weighted by atomic mass is 16.5. The summed E-state index contributed by atoms with van der Waals surface area (Å²) in [5.41, 5.74) is 1.96. The molecule has 0 bridgehead atoms. The number of aliphatic imine (C=N–C) groups is 1. The number of para-hydroxylation sites is 1. The van der Waals surface area contributed by atoms with E-state index in [1.54, 1.807) is 6.20 Å². The van der Waals surface area contributed by atoms with Gasteiger partial charge in [-0.15, -0.1) is 0 Å². The van der Waals surface area contributed by atoms with Crippen LogP contribution in [-0.4, -0.2) is 65.8 Å². The van der Waals surface area contributed by atoms with Gasteiger partial charge in [-0.05, 0) is 24.3 Å². The molecule has 3 aromatic rings. The summed E-state index contributed by atoms with van der Waals surface area (Å²) in [6, 6.07) is 16.1. The van der Waals surface area contributed by atoms with Crippen molar-refractivity contribution in [1.82, 2.24) is 25.3 Å². The summed E-state index contributed by atoms with van der Waals surface area (Å²) in [7, 11) is 1.82. The molecule has 0 radical (unpaired) electrons. The van der Waals surface area contributed by atoms with Gasteiger partial charge in [-0.25, -0.2) is 0 Å². The first-order chi connectivity index (χ1) is 14.3. The highest BCUT2D eigenvalue weighted by Gasteiger charge is 2.19. The maximum atomic E-state index is 5.31. The third-order valence-corrected chi connectivity index (χ3v) is 4.90. The Kier molecular flexibility index (Phi) is 5.99. The molecular weight excluding hydrogens is 366 g/mol. The summed E-state index contributed by atoms with van der Waals surface area (Å²) in [4.78, 5) is 17.8. The zero-order valence-electron chi connectivity index (χ0n) is 16.5. The topological polar surface area (TPSA) is 82.7 Å². The summed E-state index contributed by atoms with van der Waals surface area (Å²) in [5, 5.41) is 7.46. The number of anilines is 1. The van der Waals surface area contributed by atoms with Gasteiger partial charge in [-0.2, -0.15) is 4.98 Å². The van der Waals surface area contributed by atoms with E-state index >= 15 is 0 Å². The van der Waals surface area contributed by atoms with Crippen molar-refractivity contribution >= 4 is 11.6 Å². The van der Waals surface area contributed by atoms with Crippen LogP contribution in [0.1, 0.15) is 5.82 Å². The van der Waals surface area contributed by atoms with Crippen LogP contribution in [0.15, 0.2) is 64.2 Å². The van der Waals surface area contributed by atoms with Gasteiger partial charge < -0.3 is 19.6 Å². The molecule has 0 saturated carbocycles. The van der Waals surface area contributed by atoms with Crippen molar-refractivity contribution in [3.8, 4) is 11.6 Å². The molecule has 0 atom stereocenters. The number of aromatic nitrogens is 3. The molecule has 0 unspecified atom stereocenters. The van der Waals surface area contributed by atoms with Gasteiger partial charge in [0.25, 0.3) is 5.89 Å². The largest absolute Gasteiger partial charge is 0.368 e. The van der Waals surface area contributed by atoms with Gasteiger partial charge in [0.05, 0.1) is 0 Å². The number of nitrogens with one attached hydrogen (secondary N) is 1. The molecular formula is C21H25N7O. The van der Waals surface area contributed by atoms with Crippen LogP contribution in [0.2, 0.25) is 0 Å². The quantitative estimate of drug-likeness (QED) is 0.527. The fourth-order valence-corrected chi connectivity index (χ4v) is 3.38. The Bertz CT molecular complexity index is 918. The predicted octanol–water partition coefficient (Wildman–Crippen LogP) is 2.07. The SMILES string of the molecule is CN=C(NCCc1noc(-c2ccccn2)n1)N1CCN(c2ccccc2)CC1. The molecule has 2 aromatic heterocycles. The van der Waals surface area contributed by atoms with E-state index in [4.69, 9.17) is 4.52 Å². The lowest BCUT2D eigenvalue weighted by atomic mass is 10.2. The third-order valence-electron chi connectivity index (χ3n) is 4.90. The van der Waals surface area contributed by atoms with Crippen LogP contribution in [0.5, 0.6) is 0 Å². The van der Waals surface area contributed by atoms with Crippen LogP contribution in [0.3, 0.4) is 0 Å². The standard InChI is InChI=1S/C21H25N7O/c1-22-21(28-15-13-27(14-16-28)17-7-3-2-4-8-17)24-12-10-19-25-20(29-26-19)18-9-5-6-11-23-18/h2-9,11H,10,12-16H2,1H3,(H,22,24). The van der Waals surface area contributed by atoms with Crippen molar-refractivity contribution in [2.75, 3.05) is 44.7 Å². The van der Waals surface area contributed by atoms with E-state index in [1.165, 1.54) is 5.69 Å². The summed E-state index contributed by atoms with van der Waals surface area (Å²) in [6.07, 6.45) is 2.36. The first-order valence-corrected chi connectivity index (χ1v) is 9.83. The number of nitrogens with zero attached hydrogens (tertiary/aromatic N) is 6. The monoisotopic (exact) mass is 391 g/mol. The minimum Gasteiger partial charge on any atom is -0.368 e. The highest BCUT2D eigenvalue weighted by Crippen LogP contribution is 2.16. The van der Waals surface area contributed by atoms with E-state index in [1.807, 2.05) is 25.2 Å². The lowest BCUT2D eigenvalue weighted by molar-refractivity contribution is 0.372. The number of hydrogen-bond donors (Lipinski definition) is 1. The second kappa shape index (κ2) is 9.18. The normalized spacial score (nSPS) is 14.9. The summed E-state index contributed by atoms with van der Waals surface area (Å²) >= 11 is 0. The van der Waals surface area contributed by atoms with E-state index in [0.29, 0.717) is 30.4 Å².